The van der Waals surface area contributed by atoms with Crippen molar-refractivity contribution in [2.24, 2.45) is 0 Å². The maximum Gasteiger partial charge on any atom is 0.139 e. The molecule has 0 fully saturated rings. The summed E-state index contributed by atoms with van der Waals surface area (Å²) in [6, 6.07) is 8.41. The monoisotopic (exact) mass is 298 g/mol. The number of nitrogens with zero attached hydrogens (tertiary/aromatic N) is 2. The maximum absolute atomic E-state index is 5.16. The number of aromatic amines is 1. The van der Waals surface area contributed by atoms with Gasteiger partial charge in [-0.05, 0) is 37.1 Å². The molecule has 2 N–H and O–H groups in total. The van der Waals surface area contributed by atoms with E-state index < -0.39 is 0 Å². The molecule has 116 valence electrons. The molecule has 0 atom stereocenters. The number of hydrogen-bond acceptors (Lipinski definition) is 3. The predicted molar refractivity (Wildman–Crippen MR) is 87.7 cm³/mol. The highest BCUT2D eigenvalue weighted by Crippen LogP contribution is 2.17. The summed E-state index contributed by atoms with van der Waals surface area (Å²) in [7, 11) is 1.69. The summed E-state index contributed by atoms with van der Waals surface area (Å²) >= 11 is 0. The molecule has 3 aromatic rings. The molecule has 0 bridgehead atoms. The van der Waals surface area contributed by atoms with Crippen molar-refractivity contribution in [2.45, 2.75) is 26.6 Å². The van der Waals surface area contributed by atoms with Gasteiger partial charge >= 0.3 is 0 Å². The largest absolute Gasteiger partial charge is 0.362 e. The van der Waals surface area contributed by atoms with Crippen molar-refractivity contribution in [3.8, 4) is 0 Å². The first kappa shape index (κ1) is 14.8. The first-order valence-electron chi connectivity index (χ1n) is 7.55. The van der Waals surface area contributed by atoms with Crippen LogP contribution in [0.4, 0.5) is 0 Å². The fourth-order valence-electron chi connectivity index (χ4n) is 2.74. The van der Waals surface area contributed by atoms with Crippen LogP contribution in [0.5, 0.6) is 0 Å². The zero-order chi connectivity index (χ0) is 15.4. The Bertz CT molecular complexity index is 744. The fourth-order valence-corrected chi connectivity index (χ4v) is 2.74. The van der Waals surface area contributed by atoms with E-state index in [2.05, 4.69) is 52.8 Å². The molecule has 1 aromatic carbocycles. The van der Waals surface area contributed by atoms with Crippen molar-refractivity contribution >= 4 is 10.9 Å². The molecular weight excluding hydrogens is 276 g/mol. The van der Waals surface area contributed by atoms with Gasteiger partial charge in [0.25, 0.3) is 0 Å². The van der Waals surface area contributed by atoms with Crippen molar-refractivity contribution in [3.05, 3.63) is 53.5 Å². The maximum atomic E-state index is 5.16. The van der Waals surface area contributed by atoms with Crippen LogP contribution >= 0.6 is 0 Å². The summed E-state index contributed by atoms with van der Waals surface area (Å²) in [5.74, 6) is 0. The van der Waals surface area contributed by atoms with Gasteiger partial charge in [-0.25, -0.2) is 4.68 Å². The highest BCUT2D eigenvalue weighted by molar-refractivity contribution is 5.83. The molecule has 22 heavy (non-hydrogen) atoms. The van der Waals surface area contributed by atoms with E-state index in [1.54, 1.807) is 7.11 Å². The van der Waals surface area contributed by atoms with Crippen LogP contribution in [0.1, 0.15) is 16.8 Å². The van der Waals surface area contributed by atoms with E-state index in [-0.39, 0.29) is 0 Å². The van der Waals surface area contributed by atoms with Gasteiger partial charge in [0.15, 0.2) is 0 Å². The minimum Gasteiger partial charge on any atom is -0.362 e. The Morgan fingerprint density at radius 2 is 2.18 bits per heavy atom. The van der Waals surface area contributed by atoms with E-state index in [9.17, 15) is 0 Å². The number of H-pyrrole nitrogens is 1. The van der Waals surface area contributed by atoms with E-state index >= 15 is 0 Å². The van der Waals surface area contributed by atoms with E-state index in [0.29, 0.717) is 6.73 Å². The van der Waals surface area contributed by atoms with E-state index in [0.717, 1.165) is 19.5 Å². The van der Waals surface area contributed by atoms with Gasteiger partial charge in [-0.2, -0.15) is 5.10 Å². The van der Waals surface area contributed by atoms with Crippen LogP contribution in [0.15, 0.2) is 36.7 Å². The van der Waals surface area contributed by atoms with Gasteiger partial charge in [0, 0.05) is 30.8 Å². The fraction of sp³-hybridized carbons (Fsp3) is 0.353. The van der Waals surface area contributed by atoms with Crippen molar-refractivity contribution in [3.63, 3.8) is 0 Å². The number of fused-ring (bicyclic) bond motifs is 1. The zero-order valence-corrected chi connectivity index (χ0v) is 13.1. The number of hydrogen-bond donors (Lipinski definition) is 2. The highest BCUT2D eigenvalue weighted by atomic mass is 16.5. The molecule has 0 saturated carbocycles. The lowest BCUT2D eigenvalue weighted by Crippen LogP contribution is -2.20. The van der Waals surface area contributed by atoms with Gasteiger partial charge in [-0.3, -0.25) is 0 Å². The lowest BCUT2D eigenvalue weighted by Gasteiger charge is -2.09. The van der Waals surface area contributed by atoms with Crippen LogP contribution in [0, 0.1) is 6.92 Å². The van der Waals surface area contributed by atoms with Gasteiger partial charge < -0.3 is 15.0 Å². The zero-order valence-electron chi connectivity index (χ0n) is 13.1. The van der Waals surface area contributed by atoms with Crippen LogP contribution in [0.25, 0.3) is 10.9 Å². The molecule has 3 rings (SSSR count). The molecule has 2 aromatic heterocycles. The van der Waals surface area contributed by atoms with Crippen molar-refractivity contribution in [2.75, 3.05) is 13.7 Å². The SMILES string of the molecule is COCn1ncc(C)c1CNCCc1c[nH]c2ccccc12. The third-order valence-electron chi connectivity index (χ3n) is 3.95. The molecule has 0 amide bonds. The average molecular weight is 298 g/mol. The Balaban J connectivity index is 1.57. The smallest absolute Gasteiger partial charge is 0.139 e. The summed E-state index contributed by atoms with van der Waals surface area (Å²) in [4.78, 5) is 3.32. The van der Waals surface area contributed by atoms with Gasteiger partial charge in [0.05, 0.1) is 11.9 Å². The van der Waals surface area contributed by atoms with E-state index in [1.165, 1.54) is 27.7 Å². The topological polar surface area (TPSA) is 54.9 Å². The Kier molecular flexibility index (Phi) is 4.56. The van der Waals surface area contributed by atoms with Crippen LogP contribution < -0.4 is 5.32 Å². The van der Waals surface area contributed by atoms with E-state index in [4.69, 9.17) is 4.74 Å². The molecule has 0 radical (unpaired) electrons. The number of para-hydroxylation sites is 1. The second kappa shape index (κ2) is 6.77. The summed E-state index contributed by atoms with van der Waals surface area (Å²) in [6.07, 6.45) is 4.99. The van der Waals surface area contributed by atoms with Gasteiger partial charge in [-0.15, -0.1) is 0 Å². The molecule has 2 heterocycles. The summed E-state index contributed by atoms with van der Waals surface area (Å²) in [6.45, 7) is 4.31. The third kappa shape index (κ3) is 3.05. The van der Waals surface area contributed by atoms with E-state index in [1.807, 2.05) is 10.9 Å². The van der Waals surface area contributed by atoms with Crippen LogP contribution in [-0.4, -0.2) is 28.4 Å². The van der Waals surface area contributed by atoms with Crippen molar-refractivity contribution in [1.82, 2.24) is 20.1 Å². The molecule has 5 nitrogen and oxygen atoms in total. The number of ether oxygens (including phenoxy) is 1. The first-order chi connectivity index (χ1) is 10.8. The predicted octanol–water partition coefficient (Wildman–Crippen LogP) is 2.61. The van der Waals surface area contributed by atoms with Crippen molar-refractivity contribution < 1.29 is 4.74 Å². The number of rotatable bonds is 7. The molecular formula is C17H22N4O. The van der Waals surface area contributed by atoms with Crippen LogP contribution in [-0.2, 0) is 24.4 Å². The molecule has 0 aliphatic heterocycles. The number of nitrogens with one attached hydrogen (secondary N) is 2. The molecule has 5 heteroatoms. The Morgan fingerprint density at radius 3 is 3.05 bits per heavy atom. The normalized spacial score (nSPS) is 11.4. The Morgan fingerprint density at radius 1 is 1.32 bits per heavy atom. The molecule has 0 saturated heterocycles. The molecule has 0 spiro atoms. The highest BCUT2D eigenvalue weighted by Gasteiger charge is 2.07. The van der Waals surface area contributed by atoms with Crippen LogP contribution in [0.2, 0.25) is 0 Å². The number of methoxy groups -OCH3 is 1. The van der Waals surface area contributed by atoms with Crippen molar-refractivity contribution in [1.29, 1.82) is 0 Å². The summed E-state index contributed by atoms with van der Waals surface area (Å²) < 4.78 is 7.06. The van der Waals surface area contributed by atoms with Gasteiger partial charge in [0.2, 0.25) is 0 Å². The van der Waals surface area contributed by atoms with Gasteiger partial charge in [0.1, 0.15) is 6.73 Å². The Hall–Kier alpha value is -2.11. The average Bonchev–Trinajstić information content (AvgIpc) is 3.09. The van der Waals surface area contributed by atoms with Gasteiger partial charge in [-0.1, -0.05) is 18.2 Å². The second-order valence-corrected chi connectivity index (χ2v) is 5.48. The molecule has 0 aliphatic carbocycles. The standard InChI is InChI=1S/C17H22N4O/c1-13-9-20-21(12-22-2)17(13)11-18-8-7-14-10-19-16-6-4-3-5-15(14)16/h3-6,9-10,18-19H,7-8,11-12H2,1-2H3. The minimum absolute atomic E-state index is 0.493. The number of aryl methyl sites for hydroxylation is 1. The summed E-state index contributed by atoms with van der Waals surface area (Å²) in [5.41, 5.74) is 4.93. The lowest BCUT2D eigenvalue weighted by atomic mass is 10.1. The summed E-state index contributed by atoms with van der Waals surface area (Å²) in [5, 5.41) is 9.13. The second-order valence-electron chi connectivity index (χ2n) is 5.48. The number of aromatic nitrogens is 3. The third-order valence-corrected chi connectivity index (χ3v) is 3.95. The number of benzene rings is 1. The van der Waals surface area contributed by atoms with Crippen LogP contribution in [0.3, 0.4) is 0 Å². The molecule has 0 unspecified atom stereocenters. The minimum atomic E-state index is 0.493. The lowest BCUT2D eigenvalue weighted by molar-refractivity contribution is 0.117. The first-order valence-corrected chi connectivity index (χ1v) is 7.55. The quantitative estimate of drug-likeness (QED) is 0.659. The molecule has 0 aliphatic rings. The Labute approximate surface area is 130 Å².